The van der Waals surface area contributed by atoms with Gasteiger partial charge in [0.05, 0.1) is 12.4 Å². The molecule has 1 spiro atoms. The van der Waals surface area contributed by atoms with E-state index in [-0.39, 0.29) is 43.4 Å². The smallest absolute Gasteiger partial charge is 0.319 e. The van der Waals surface area contributed by atoms with E-state index in [9.17, 15) is 13.2 Å². The highest BCUT2D eigenvalue weighted by Gasteiger charge is 2.62. The molecule has 2 fully saturated rings. The molecule has 1 aromatic rings. The molecule has 0 bridgehead atoms. The van der Waals surface area contributed by atoms with Gasteiger partial charge >= 0.3 is 12.0 Å². The lowest BCUT2D eigenvalue weighted by Gasteiger charge is -2.50. The van der Waals surface area contributed by atoms with Crippen LogP contribution in [0.15, 0.2) is 18.5 Å². The quantitative estimate of drug-likeness (QED) is 0.770. The first-order valence-electron chi connectivity index (χ1n) is 7.44. The summed E-state index contributed by atoms with van der Waals surface area (Å²) in [5.41, 5.74) is 0. The van der Waals surface area contributed by atoms with E-state index >= 15 is 0 Å². The second kappa shape index (κ2) is 5.63. The van der Waals surface area contributed by atoms with Crippen LogP contribution >= 0.6 is 0 Å². The Morgan fingerprint density at radius 1 is 1.39 bits per heavy atom. The maximum atomic E-state index is 12.5. The standard InChI is InChI=1S/C14H20N4O4S/c1-17(2)13(19)18-9-14(10-18)11(4-7-23(14,20)21)8-22-12-15-5-3-6-16-12/h3,5-6,11H,4,7-10H2,1-2H3/t11-/m0/s1. The third-order valence-electron chi connectivity index (χ3n) is 4.62. The number of hydrogen-bond acceptors (Lipinski definition) is 6. The molecule has 3 heterocycles. The zero-order chi connectivity index (χ0) is 16.7. The van der Waals surface area contributed by atoms with Crippen LogP contribution in [0.1, 0.15) is 6.42 Å². The highest BCUT2D eigenvalue weighted by atomic mass is 32.2. The lowest BCUT2D eigenvalue weighted by atomic mass is 9.84. The van der Waals surface area contributed by atoms with Gasteiger partial charge in [-0.2, -0.15) is 0 Å². The molecule has 9 heteroatoms. The first kappa shape index (κ1) is 16.0. The van der Waals surface area contributed by atoms with Gasteiger partial charge in [-0.25, -0.2) is 23.2 Å². The van der Waals surface area contributed by atoms with E-state index in [2.05, 4.69) is 9.97 Å². The highest BCUT2D eigenvalue weighted by molar-refractivity contribution is 7.93. The molecule has 0 aromatic carbocycles. The third kappa shape index (κ3) is 2.62. The summed E-state index contributed by atoms with van der Waals surface area (Å²) in [6.45, 7) is 0.708. The van der Waals surface area contributed by atoms with Crippen molar-refractivity contribution in [3.05, 3.63) is 18.5 Å². The molecule has 0 saturated carbocycles. The van der Waals surface area contributed by atoms with E-state index < -0.39 is 14.6 Å². The van der Waals surface area contributed by atoms with Crippen molar-refractivity contribution in [2.75, 3.05) is 39.5 Å². The summed E-state index contributed by atoms with van der Waals surface area (Å²) in [6.07, 6.45) is 3.69. The largest absolute Gasteiger partial charge is 0.463 e. The summed E-state index contributed by atoms with van der Waals surface area (Å²) in [6, 6.07) is 1.77. The Labute approximate surface area is 135 Å². The number of hydrogen-bond donors (Lipinski definition) is 0. The van der Waals surface area contributed by atoms with Crippen LogP contribution in [0.2, 0.25) is 0 Å². The van der Waals surface area contributed by atoms with Crippen molar-refractivity contribution in [1.82, 2.24) is 19.8 Å². The van der Waals surface area contributed by atoms with Gasteiger partial charge in [-0.05, 0) is 12.5 Å². The van der Waals surface area contributed by atoms with E-state index in [0.29, 0.717) is 6.42 Å². The summed E-state index contributed by atoms with van der Waals surface area (Å²) in [7, 11) is 0.0843. The highest BCUT2D eigenvalue weighted by Crippen LogP contribution is 2.45. The van der Waals surface area contributed by atoms with Crippen LogP contribution in [0.3, 0.4) is 0 Å². The maximum absolute atomic E-state index is 12.5. The topological polar surface area (TPSA) is 92.7 Å². The number of carbonyl (C=O) groups is 1. The second-order valence-electron chi connectivity index (χ2n) is 6.24. The van der Waals surface area contributed by atoms with Crippen LogP contribution in [-0.2, 0) is 9.84 Å². The van der Waals surface area contributed by atoms with Crippen LogP contribution in [0, 0.1) is 5.92 Å². The Morgan fingerprint density at radius 3 is 2.65 bits per heavy atom. The Bertz CT molecular complexity index is 686. The normalized spacial score (nSPS) is 24.3. The molecule has 2 saturated heterocycles. The summed E-state index contributed by atoms with van der Waals surface area (Å²) >= 11 is 0. The van der Waals surface area contributed by atoms with Crippen molar-refractivity contribution in [2.45, 2.75) is 11.2 Å². The average molecular weight is 340 g/mol. The molecule has 0 N–H and O–H groups in total. The van der Waals surface area contributed by atoms with Crippen LogP contribution < -0.4 is 4.74 Å². The molecule has 23 heavy (non-hydrogen) atoms. The number of sulfone groups is 1. The van der Waals surface area contributed by atoms with Crippen molar-refractivity contribution in [1.29, 1.82) is 0 Å². The summed E-state index contributed by atoms with van der Waals surface area (Å²) in [4.78, 5) is 22.9. The molecule has 0 aliphatic carbocycles. The van der Waals surface area contributed by atoms with Gasteiger partial charge in [-0.3, -0.25) is 0 Å². The third-order valence-corrected chi connectivity index (χ3v) is 7.23. The molecule has 2 amide bonds. The van der Waals surface area contributed by atoms with Crippen molar-refractivity contribution in [2.24, 2.45) is 5.92 Å². The molecule has 0 radical (unpaired) electrons. The number of ether oxygens (including phenoxy) is 1. The van der Waals surface area contributed by atoms with Crippen molar-refractivity contribution < 1.29 is 17.9 Å². The maximum Gasteiger partial charge on any atom is 0.319 e. The minimum absolute atomic E-state index is 0.140. The lowest BCUT2D eigenvalue weighted by Crippen LogP contribution is -2.70. The molecular formula is C14H20N4O4S. The van der Waals surface area contributed by atoms with E-state index in [4.69, 9.17) is 4.74 Å². The van der Waals surface area contributed by atoms with Gasteiger partial charge in [0.15, 0.2) is 9.84 Å². The predicted molar refractivity (Wildman–Crippen MR) is 82.8 cm³/mol. The number of aromatic nitrogens is 2. The van der Waals surface area contributed by atoms with Gasteiger partial charge in [0.1, 0.15) is 4.75 Å². The minimum atomic E-state index is -3.23. The molecule has 126 valence electrons. The average Bonchev–Trinajstić information content (AvgIpc) is 2.74. The van der Waals surface area contributed by atoms with Gasteiger partial charge in [0, 0.05) is 45.5 Å². The Hall–Kier alpha value is -1.90. The van der Waals surface area contributed by atoms with Gasteiger partial charge in [0.2, 0.25) is 0 Å². The molecule has 3 rings (SSSR count). The minimum Gasteiger partial charge on any atom is -0.463 e. The second-order valence-corrected chi connectivity index (χ2v) is 8.70. The van der Waals surface area contributed by atoms with E-state index in [1.165, 1.54) is 4.90 Å². The Balaban J connectivity index is 1.70. The fourth-order valence-corrected chi connectivity index (χ4v) is 5.66. The predicted octanol–water partition coefficient (Wildman–Crippen LogP) is 0.0261. The number of urea groups is 1. The van der Waals surface area contributed by atoms with Crippen LogP contribution in [0.5, 0.6) is 6.01 Å². The number of rotatable bonds is 3. The van der Waals surface area contributed by atoms with E-state index in [1.807, 2.05) is 0 Å². The monoisotopic (exact) mass is 340 g/mol. The number of likely N-dealkylation sites (tertiary alicyclic amines) is 1. The Kier molecular flexibility index (Phi) is 3.91. The molecule has 2 aliphatic rings. The van der Waals surface area contributed by atoms with E-state index in [1.54, 1.807) is 37.5 Å². The Morgan fingerprint density at radius 2 is 2.04 bits per heavy atom. The van der Waals surface area contributed by atoms with Crippen molar-refractivity contribution in [3.63, 3.8) is 0 Å². The zero-order valence-electron chi connectivity index (χ0n) is 13.2. The number of nitrogens with zero attached hydrogens (tertiary/aromatic N) is 4. The van der Waals surface area contributed by atoms with Crippen LogP contribution in [-0.4, -0.2) is 78.5 Å². The van der Waals surface area contributed by atoms with Crippen molar-refractivity contribution in [3.8, 4) is 6.01 Å². The van der Waals surface area contributed by atoms with Gasteiger partial charge < -0.3 is 14.5 Å². The molecule has 0 unspecified atom stereocenters. The van der Waals surface area contributed by atoms with Gasteiger partial charge in [-0.1, -0.05) is 0 Å². The van der Waals surface area contributed by atoms with Gasteiger partial charge in [-0.15, -0.1) is 0 Å². The molecular weight excluding hydrogens is 320 g/mol. The first-order chi connectivity index (χ1) is 10.9. The molecule has 1 atom stereocenters. The molecule has 2 aliphatic heterocycles. The lowest BCUT2D eigenvalue weighted by molar-refractivity contribution is 0.0726. The molecule has 8 nitrogen and oxygen atoms in total. The van der Waals surface area contributed by atoms with Crippen LogP contribution in [0.4, 0.5) is 4.79 Å². The zero-order valence-corrected chi connectivity index (χ0v) is 14.0. The SMILES string of the molecule is CN(C)C(=O)N1CC2(C1)[C@H](COc1ncccn1)CCS2(=O)=O. The fourth-order valence-electron chi connectivity index (χ4n) is 3.26. The summed E-state index contributed by atoms with van der Waals surface area (Å²) in [5.74, 6) is -0.0109. The van der Waals surface area contributed by atoms with E-state index in [0.717, 1.165) is 0 Å². The number of amides is 2. The fraction of sp³-hybridized carbons (Fsp3) is 0.643. The van der Waals surface area contributed by atoms with Crippen LogP contribution in [0.25, 0.3) is 0 Å². The number of carbonyl (C=O) groups excluding carboxylic acids is 1. The summed E-state index contributed by atoms with van der Waals surface area (Å²) < 4.78 is 29.6. The summed E-state index contributed by atoms with van der Waals surface area (Å²) in [5, 5.41) is 0. The van der Waals surface area contributed by atoms with Crippen molar-refractivity contribution >= 4 is 15.9 Å². The van der Waals surface area contributed by atoms with Gasteiger partial charge in [0.25, 0.3) is 0 Å². The molecule has 1 aromatic heterocycles. The first-order valence-corrected chi connectivity index (χ1v) is 9.09.